The quantitative estimate of drug-likeness (QED) is 0.868. The average molecular weight is 342 g/mol. The van der Waals surface area contributed by atoms with Crippen LogP contribution in [0.3, 0.4) is 0 Å². The molecule has 0 amide bonds. The van der Waals surface area contributed by atoms with Gasteiger partial charge in [-0.25, -0.2) is 13.9 Å². The fraction of sp³-hybridized carbons (Fsp3) is 0.389. The van der Waals surface area contributed by atoms with Crippen LogP contribution in [0.4, 0.5) is 10.3 Å². The van der Waals surface area contributed by atoms with Gasteiger partial charge in [-0.15, -0.1) is 0 Å². The van der Waals surface area contributed by atoms with Crippen molar-refractivity contribution in [3.63, 3.8) is 0 Å². The first-order valence-electron chi connectivity index (χ1n) is 8.47. The van der Waals surface area contributed by atoms with Gasteiger partial charge in [-0.05, 0) is 50.3 Å². The van der Waals surface area contributed by atoms with E-state index in [1.807, 2.05) is 6.92 Å². The van der Waals surface area contributed by atoms with Crippen LogP contribution in [0.1, 0.15) is 44.2 Å². The van der Waals surface area contributed by atoms with Crippen LogP contribution in [0.25, 0.3) is 0 Å². The summed E-state index contributed by atoms with van der Waals surface area (Å²) in [7, 11) is 0. The van der Waals surface area contributed by atoms with Crippen LogP contribution in [0, 0.1) is 5.82 Å². The summed E-state index contributed by atoms with van der Waals surface area (Å²) in [4.78, 5) is 17.1. The summed E-state index contributed by atoms with van der Waals surface area (Å²) in [6.45, 7) is 1.82. The molecular formula is C18H19FN4O2. The maximum absolute atomic E-state index is 13.3. The number of esters is 1. The Morgan fingerprint density at radius 1 is 1.28 bits per heavy atom. The van der Waals surface area contributed by atoms with Gasteiger partial charge in [0.1, 0.15) is 24.3 Å². The van der Waals surface area contributed by atoms with E-state index < -0.39 is 6.04 Å². The number of benzene rings is 1. The first kappa shape index (κ1) is 15.8. The van der Waals surface area contributed by atoms with Crippen molar-refractivity contribution in [1.29, 1.82) is 0 Å². The van der Waals surface area contributed by atoms with E-state index in [-0.39, 0.29) is 17.9 Å². The molecule has 0 saturated heterocycles. The van der Waals surface area contributed by atoms with E-state index in [4.69, 9.17) is 4.74 Å². The molecule has 6 nitrogen and oxygen atoms in total. The Hall–Kier alpha value is -2.70. The third-order valence-electron chi connectivity index (χ3n) is 4.78. The number of ether oxygens (including phenoxy) is 1. The van der Waals surface area contributed by atoms with Crippen LogP contribution in [0.5, 0.6) is 0 Å². The molecule has 130 valence electrons. The zero-order valence-electron chi connectivity index (χ0n) is 13.9. The van der Waals surface area contributed by atoms with Gasteiger partial charge in [-0.2, -0.15) is 10.1 Å². The maximum Gasteiger partial charge on any atom is 0.338 e. The van der Waals surface area contributed by atoms with Gasteiger partial charge in [-0.1, -0.05) is 12.1 Å². The van der Waals surface area contributed by atoms with Crippen molar-refractivity contribution in [3.05, 3.63) is 53.2 Å². The molecule has 0 bridgehead atoms. The number of nitrogens with zero attached hydrogens (tertiary/aromatic N) is 3. The minimum Gasteiger partial charge on any atom is -0.459 e. The highest BCUT2D eigenvalue weighted by atomic mass is 19.1. The topological polar surface area (TPSA) is 69.0 Å². The highest BCUT2D eigenvalue weighted by Gasteiger charge is 2.35. The summed E-state index contributed by atoms with van der Waals surface area (Å²) in [5.41, 5.74) is 1.92. The SMILES string of the molecule is CC1=C(C(=O)OC2CCCC2)[C@H](c2ccc(F)cc2)n2ncnc2N1. The molecule has 0 unspecified atom stereocenters. The predicted octanol–water partition coefficient (Wildman–Crippen LogP) is 3.19. The summed E-state index contributed by atoms with van der Waals surface area (Å²) >= 11 is 0. The largest absolute Gasteiger partial charge is 0.459 e. The van der Waals surface area contributed by atoms with E-state index in [2.05, 4.69) is 15.4 Å². The molecule has 7 heteroatoms. The fourth-order valence-electron chi connectivity index (χ4n) is 3.53. The fourth-order valence-corrected chi connectivity index (χ4v) is 3.53. The summed E-state index contributed by atoms with van der Waals surface area (Å²) in [6, 6.07) is 5.58. The third kappa shape index (κ3) is 2.90. The minimum atomic E-state index is -0.492. The molecule has 4 rings (SSSR count). The molecule has 2 heterocycles. The van der Waals surface area contributed by atoms with Crippen molar-refractivity contribution >= 4 is 11.9 Å². The molecule has 1 atom stereocenters. The highest BCUT2D eigenvalue weighted by Crippen LogP contribution is 2.36. The van der Waals surface area contributed by atoms with E-state index in [0.29, 0.717) is 17.2 Å². The molecular weight excluding hydrogens is 323 g/mol. The molecule has 1 aliphatic carbocycles. The van der Waals surface area contributed by atoms with Gasteiger partial charge in [0.25, 0.3) is 0 Å². The van der Waals surface area contributed by atoms with Gasteiger partial charge in [0.15, 0.2) is 0 Å². The number of hydrogen-bond donors (Lipinski definition) is 1. The van der Waals surface area contributed by atoms with Crippen LogP contribution in [-0.2, 0) is 9.53 Å². The summed E-state index contributed by atoms with van der Waals surface area (Å²) in [6.07, 6.45) is 5.38. The predicted molar refractivity (Wildman–Crippen MR) is 89.2 cm³/mol. The number of rotatable bonds is 3. The van der Waals surface area contributed by atoms with Gasteiger partial charge >= 0.3 is 5.97 Å². The number of anilines is 1. The Morgan fingerprint density at radius 3 is 2.72 bits per heavy atom. The third-order valence-corrected chi connectivity index (χ3v) is 4.78. The summed E-state index contributed by atoms with van der Waals surface area (Å²) in [5, 5.41) is 7.34. The number of carbonyl (C=O) groups excluding carboxylic acids is 1. The van der Waals surface area contributed by atoms with Gasteiger partial charge in [0.05, 0.1) is 5.57 Å². The monoisotopic (exact) mass is 342 g/mol. The second kappa shape index (κ2) is 6.31. The first-order chi connectivity index (χ1) is 12.1. The summed E-state index contributed by atoms with van der Waals surface area (Å²) < 4.78 is 20.7. The Bertz CT molecular complexity index is 822. The van der Waals surface area contributed by atoms with Gasteiger partial charge in [0.2, 0.25) is 5.95 Å². The molecule has 0 spiro atoms. The molecule has 1 fully saturated rings. The highest BCUT2D eigenvalue weighted by molar-refractivity contribution is 5.92. The van der Waals surface area contributed by atoms with Gasteiger partial charge < -0.3 is 10.1 Å². The maximum atomic E-state index is 13.3. The lowest BCUT2D eigenvalue weighted by atomic mass is 9.96. The summed E-state index contributed by atoms with van der Waals surface area (Å²) in [5.74, 6) is -0.135. The number of allylic oxidation sites excluding steroid dienone is 1. The lowest BCUT2D eigenvalue weighted by Gasteiger charge is -2.28. The van der Waals surface area contributed by atoms with Gasteiger partial charge in [0, 0.05) is 5.70 Å². The Kier molecular flexibility index (Phi) is 3.99. The average Bonchev–Trinajstić information content (AvgIpc) is 3.25. The second-order valence-corrected chi connectivity index (χ2v) is 6.46. The van der Waals surface area contributed by atoms with Crippen molar-refractivity contribution in [2.45, 2.75) is 44.8 Å². The Balaban J connectivity index is 1.73. The molecule has 1 aromatic carbocycles. The zero-order valence-corrected chi connectivity index (χ0v) is 13.9. The van der Waals surface area contributed by atoms with E-state index in [1.165, 1.54) is 18.5 Å². The van der Waals surface area contributed by atoms with Crippen molar-refractivity contribution in [2.24, 2.45) is 0 Å². The van der Waals surface area contributed by atoms with Crippen LogP contribution in [-0.4, -0.2) is 26.8 Å². The lowest BCUT2D eigenvalue weighted by Crippen LogP contribution is -2.31. The van der Waals surface area contributed by atoms with Crippen LogP contribution in [0.15, 0.2) is 41.9 Å². The molecule has 0 radical (unpaired) electrons. The number of hydrogen-bond acceptors (Lipinski definition) is 5. The molecule has 2 aliphatic rings. The zero-order chi connectivity index (χ0) is 17.4. The van der Waals surface area contributed by atoms with Crippen molar-refractivity contribution in [3.8, 4) is 0 Å². The standard InChI is InChI=1S/C18H19FN4O2/c1-11-15(17(24)25-14-4-2-3-5-14)16(12-6-8-13(19)9-7-12)23-18(22-11)20-10-21-23/h6-10,14,16H,2-5H2,1H3,(H,20,21,22)/t16-/m0/s1. The normalized spacial score (nSPS) is 20.3. The number of halogens is 1. The van der Waals surface area contributed by atoms with E-state index in [1.54, 1.807) is 16.8 Å². The van der Waals surface area contributed by atoms with E-state index in [9.17, 15) is 9.18 Å². The number of fused-ring (bicyclic) bond motifs is 1. The number of nitrogens with one attached hydrogen (secondary N) is 1. The van der Waals surface area contributed by atoms with Crippen LogP contribution >= 0.6 is 0 Å². The molecule has 1 N–H and O–H groups in total. The molecule has 2 aromatic rings. The van der Waals surface area contributed by atoms with E-state index >= 15 is 0 Å². The molecule has 1 saturated carbocycles. The molecule has 1 aliphatic heterocycles. The van der Waals surface area contributed by atoms with Crippen molar-refractivity contribution in [1.82, 2.24) is 14.8 Å². The van der Waals surface area contributed by atoms with Crippen LogP contribution in [0.2, 0.25) is 0 Å². The number of aromatic nitrogens is 3. The first-order valence-corrected chi connectivity index (χ1v) is 8.47. The van der Waals surface area contributed by atoms with Crippen molar-refractivity contribution in [2.75, 3.05) is 5.32 Å². The minimum absolute atomic E-state index is 0.0289. The smallest absolute Gasteiger partial charge is 0.338 e. The Morgan fingerprint density at radius 2 is 2.00 bits per heavy atom. The van der Waals surface area contributed by atoms with Gasteiger partial charge in [-0.3, -0.25) is 0 Å². The van der Waals surface area contributed by atoms with Crippen LogP contribution < -0.4 is 5.32 Å². The second-order valence-electron chi connectivity index (χ2n) is 6.46. The van der Waals surface area contributed by atoms with Crippen molar-refractivity contribution < 1.29 is 13.9 Å². The molecule has 1 aromatic heterocycles. The lowest BCUT2D eigenvalue weighted by molar-refractivity contribution is -0.144. The van der Waals surface area contributed by atoms with E-state index in [0.717, 1.165) is 31.2 Å². The Labute approximate surface area is 144 Å². The molecule has 25 heavy (non-hydrogen) atoms. The number of carbonyl (C=O) groups is 1.